The largest absolute Gasteiger partial charge is 0.409 e. The molecule has 0 saturated carbocycles. The van der Waals surface area contributed by atoms with Crippen LogP contribution in [-0.2, 0) is 13.1 Å². The normalized spacial score (nSPS) is 11.6. The molecule has 0 unspecified atom stereocenters. The molecule has 1 aromatic heterocycles. The molecule has 20 heavy (non-hydrogen) atoms. The van der Waals surface area contributed by atoms with Crippen LogP contribution in [0.3, 0.4) is 0 Å². The van der Waals surface area contributed by atoms with Crippen molar-refractivity contribution in [3.63, 3.8) is 0 Å². The quantitative estimate of drug-likeness (QED) is 0.335. The summed E-state index contributed by atoms with van der Waals surface area (Å²) in [7, 11) is 0. The number of nitrogens with two attached hydrogens (primary N) is 1. The zero-order chi connectivity index (χ0) is 14.4. The summed E-state index contributed by atoms with van der Waals surface area (Å²) < 4.78 is 0. The Kier molecular flexibility index (Phi) is 4.68. The van der Waals surface area contributed by atoms with Crippen LogP contribution in [0.25, 0.3) is 0 Å². The predicted molar refractivity (Wildman–Crippen MR) is 78.5 cm³/mol. The van der Waals surface area contributed by atoms with Gasteiger partial charge in [-0.1, -0.05) is 29.4 Å². The van der Waals surface area contributed by atoms with E-state index in [2.05, 4.69) is 15.5 Å². The molecular formula is C15H18N4O. The summed E-state index contributed by atoms with van der Waals surface area (Å²) in [5.41, 5.74) is 9.37. The van der Waals surface area contributed by atoms with E-state index in [4.69, 9.17) is 10.9 Å². The Morgan fingerprint density at radius 2 is 2.05 bits per heavy atom. The topological polar surface area (TPSA) is 83.5 Å². The molecule has 5 heteroatoms. The third kappa shape index (κ3) is 3.80. The van der Waals surface area contributed by atoms with Crippen molar-refractivity contribution in [3.8, 4) is 0 Å². The van der Waals surface area contributed by atoms with Crippen molar-refractivity contribution in [2.45, 2.75) is 20.0 Å². The molecule has 1 heterocycles. The molecule has 2 aromatic rings. The summed E-state index contributed by atoms with van der Waals surface area (Å²) in [5.74, 6) is 0.118. The number of oxime groups is 1. The van der Waals surface area contributed by atoms with E-state index in [0.717, 1.165) is 17.0 Å². The van der Waals surface area contributed by atoms with Crippen molar-refractivity contribution in [2.24, 2.45) is 10.9 Å². The van der Waals surface area contributed by atoms with Gasteiger partial charge in [0, 0.05) is 24.3 Å². The van der Waals surface area contributed by atoms with Crippen LogP contribution in [0.2, 0.25) is 0 Å². The van der Waals surface area contributed by atoms with Gasteiger partial charge in [0.2, 0.25) is 0 Å². The van der Waals surface area contributed by atoms with Crippen molar-refractivity contribution in [3.05, 3.63) is 65.0 Å². The van der Waals surface area contributed by atoms with E-state index in [1.807, 2.05) is 43.3 Å². The average Bonchev–Trinajstić information content (AvgIpc) is 2.47. The Morgan fingerprint density at radius 3 is 2.80 bits per heavy atom. The van der Waals surface area contributed by atoms with Gasteiger partial charge in [0.25, 0.3) is 0 Å². The van der Waals surface area contributed by atoms with Gasteiger partial charge in [0.05, 0.1) is 5.69 Å². The average molecular weight is 270 g/mol. The summed E-state index contributed by atoms with van der Waals surface area (Å²) in [6, 6.07) is 13.5. The van der Waals surface area contributed by atoms with E-state index < -0.39 is 0 Å². The third-order valence-corrected chi connectivity index (χ3v) is 2.91. The van der Waals surface area contributed by atoms with E-state index in [0.29, 0.717) is 18.7 Å². The summed E-state index contributed by atoms with van der Waals surface area (Å²) in [6.07, 6.45) is 0. The van der Waals surface area contributed by atoms with Crippen LogP contribution in [0.4, 0.5) is 0 Å². The number of nitrogens with one attached hydrogen (secondary N) is 1. The number of rotatable bonds is 5. The first-order valence-corrected chi connectivity index (χ1v) is 6.39. The number of hydrogen-bond acceptors (Lipinski definition) is 4. The van der Waals surface area contributed by atoms with Gasteiger partial charge in [-0.25, -0.2) is 0 Å². The minimum absolute atomic E-state index is 0.118. The molecule has 2 rings (SSSR count). The molecular weight excluding hydrogens is 252 g/mol. The lowest BCUT2D eigenvalue weighted by atomic mass is 10.1. The van der Waals surface area contributed by atoms with Crippen LogP contribution in [0.5, 0.6) is 0 Å². The fraction of sp³-hybridized carbons (Fsp3) is 0.200. The number of hydrogen-bond donors (Lipinski definition) is 3. The lowest BCUT2D eigenvalue weighted by molar-refractivity contribution is 0.318. The minimum atomic E-state index is 0.118. The highest BCUT2D eigenvalue weighted by molar-refractivity contribution is 5.97. The molecule has 0 saturated heterocycles. The van der Waals surface area contributed by atoms with Gasteiger partial charge in [-0.3, -0.25) is 4.98 Å². The summed E-state index contributed by atoms with van der Waals surface area (Å²) in [4.78, 5) is 4.43. The van der Waals surface area contributed by atoms with Gasteiger partial charge in [-0.2, -0.15) is 0 Å². The Morgan fingerprint density at radius 1 is 1.25 bits per heavy atom. The predicted octanol–water partition coefficient (Wildman–Crippen LogP) is 1.77. The Bertz CT molecular complexity index is 610. The zero-order valence-corrected chi connectivity index (χ0v) is 11.4. The van der Waals surface area contributed by atoms with Crippen LogP contribution in [-0.4, -0.2) is 16.0 Å². The van der Waals surface area contributed by atoms with Gasteiger partial charge in [-0.05, 0) is 30.7 Å². The number of nitrogens with zero attached hydrogens (tertiary/aromatic N) is 2. The SMILES string of the molecule is Cc1cccc(CNCc2cccc(C(N)=NO)c2)n1. The fourth-order valence-electron chi connectivity index (χ4n) is 1.93. The maximum atomic E-state index is 8.67. The van der Waals surface area contributed by atoms with Crippen LogP contribution in [0.1, 0.15) is 22.5 Å². The molecule has 0 aliphatic carbocycles. The molecule has 0 radical (unpaired) electrons. The highest BCUT2D eigenvalue weighted by Crippen LogP contribution is 2.05. The van der Waals surface area contributed by atoms with E-state index in [1.54, 1.807) is 6.07 Å². The zero-order valence-electron chi connectivity index (χ0n) is 11.4. The fourth-order valence-corrected chi connectivity index (χ4v) is 1.93. The van der Waals surface area contributed by atoms with Gasteiger partial charge < -0.3 is 16.3 Å². The lowest BCUT2D eigenvalue weighted by Gasteiger charge is -2.07. The Hall–Kier alpha value is -2.40. The highest BCUT2D eigenvalue weighted by atomic mass is 16.4. The van der Waals surface area contributed by atoms with E-state index >= 15 is 0 Å². The third-order valence-electron chi connectivity index (χ3n) is 2.91. The molecule has 0 fully saturated rings. The summed E-state index contributed by atoms with van der Waals surface area (Å²) in [5, 5.41) is 15.0. The standard InChI is InChI=1S/C15H18N4O/c1-11-4-2-7-14(18-11)10-17-9-12-5-3-6-13(8-12)15(16)19-20/h2-8,17,20H,9-10H2,1H3,(H2,16,19). The molecule has 5 nitrogen and oxygen atoms in total. The molecule has 0 amide bonds. The number of amidine groups is 1. The van der Waals surface area contributed by atoms with Crippen molar-refractivity contribution in [1.29, 1.82) is 0 Å². The van der Waals surface area contributed by atoms with E-state index in [1.165, 1.54) is 0 Å². The van der Waals surface area contributed by atoms with Gasteiger partial charge in [0.15, 0.2) is 5.84 Å². The van der Waals surface area contributed by atoms with Crippen molar-refractivity contribution in [1.82, 2.24) is 10.3 Å². The highest BCUT2D eigenvalue weighted by Gasteiger charge is 2.01. The van der Waals surface area contributed by atoms with E-state index in [-0.39, 0.29) is 5.84 Å². The minimum Gasteiger partial charge on any atom is -0.409 e. The molecule has 4 N–H and O–H groups in total. The van der Waals surface area contributed by atoms with Crippen LogP contribution >= 0.6 is 0 Å². The van der Waals surface area contributed by atoms with Gasteiger partial charge in [0.1, 0.15) is 0 Å². The first-order valence-electron chi connectivity index (χ1n) is 6.39. The van der Waals surface area contributed by atoms with E-state index in [9.17, 15) is 0 Å². The van der Waals surface area contributed by atoms with Gasteiger partial charge in [-0.15, -0.1) is 0 Å². The summed E-state index contributed by atoms with van der Waals surface area (Å²) in [6.45, 7) is 3.38. The molecule has 1 aromatic carbocycles. The maximum absolute atomic E-state index is 8.67. The number of aromatic nitrogens is 1. The molecule has 0 aliphatic rings. The number of benzene rings is 1. The first kappa shape index (κ1) is 14.0. The maximum Gasteiger partial charge on any atom is 0.170 e. The molecule has 0 spiro atoms. The van der Waals surface area contributed by atoms with Crippen LogP contribution in [0, 0.1) is 6.92 Å². The van der Waals surface area contributed by atoms with Crippen molar-refractivity contribution in [2.75, 3.05) is 0 Å². The number of aryl methyl sites for hydroxylation is 1. The molecule has 0 bridgehead atoms. The second kappa shape index (κ2) is 6.68. The summed E-state index contributed by atoms with van der Waals surface area (Å²) >= 11 is 0. The van der Waals surface area contributed by atoms with Gasteiger partial charge >= 0.3 is 0 Å². The molecule has 104 valence electrons. The molecule has 0 atom stereocenters. The van der Waals surface area contributed by atoms with Crippen molar-refractivity contribution >= 4 is 5.84 Å². The van der Waals surface area contributed by atoms with Crippen LogP contribution in [0.15, 0.2) is 47.6 Å². The first-order chi connectivity index (χ1) is 9.69. The number of pyridine rings is 1. The second-order valence-corrected chi connectivity index (χ2v) is 4.56. The lowest BCUT2D eigenvalue weighted by Crippen LogP contribution is -2.16. The van der Waals surface area contributed by atoms with Crippen molar-refractivity contribution < 1.29 is 5.21 Å². The Labute approximate surface area is 118 Å². The molecule has 0 aliphatic heterocycles. The smallest absolute Gasteiger partial charge is 0.170 e. The van der Waals surface area contributed by atoms with Crippen LogP contribution < -0.4 is 11.1 Å². The second-order valence-electron chi connectivity index (χ2n) is 4.56. The Balaban J connectivity index is 1.94. The monoisotopic (exact) mass is 270 g/mol.